The van der Waals surface area contributed by atoms with Crippen LogP contribution in [-0.2, 0) is 12.1 Å². The van der Waals surface area contributed by atoms with Gasteiger partial charge in [0.25, 0.3) is 0 Å². The minimum Gasteiger partial charge on any atom is -0.493 e. The van der Waals surface area contributed by atoms with Crippen LogP contribution in [0.1, 0.15) is 57.8 Å². The lowest BCUT2D eigenvalue weighted by Gasteiger charge is -2.17. The second-order valence-electron chi connectivity index (χ2n) is 8.52. The van der Waals surface area contributed by atoms with Gasteiger partial charge in [-0.05, 0) is 64.2 Å². The number of imidazole rings is 1. The molecule has 0 spiro atoms. The van der Waals surface area contributed by atoms with Gasteiger partial charge in [0.05, 0.1) is 26.1 Å². The van der Waals surface area contributed by atoms with E-state index in [1.807, 2.05) is 29.7 Å². The van der Waals surface area contributed by atoms with Gasteiger partial charge in [-0.1, -0.05) is 6.07 Å². The largest absolute Gasteiger partial charge is 0.493 e. The maximum absolute atomic E-state index is 10.4. The summed E-state index contributed by atoms with van der Waals surface area (Å²) in [6, 6.07) is 6.00. The summed E-state index contributed by atoms with van der Waals surface area (Å²) in [4.78, 5) is 16.8. The molecule has 0 aliphatic heterocycles. The van der Waals surface area contributed by atoms with Gasteiger partial charge in [0.2, 0.25) is 0 Å². The van der Waals surface area contributed by atoms with Gasteiger partial charge < -0.3 is 24.1 Å². The van der Waals surface area contributed by atoms with E-state index in [2.05, 4.69) is 19.9 Å². The van der Waals surface area contributed by atoms with Crippen molar-refractivity contribution in [2.75, 3.05) is 13.7 Å². The molecule has 0 bridgehead atoms. The van der Waals surface area contributed by atoms with Gasteiger partial charge in [0, 0.05) is 6.54 Å². The summed E-state index contributed by atoms with van der Waals surface area (Å²) in [5.74, 6) is 2.00. The van der Waals surface area contributed by atoms with Crippen LogP contribution in [0.5, 0.6) is 11.5 Å². The van der Waals surface area contributed by atoms with E-state index in [0.717, 1.165) is 35.4 Å². The summed E-state index contributed by atoms with van der Waals surface area (Å²) in [7, 11) is 1.66. The number of rotatable bonds is 7. The SMILES string of the molecule is CCN=c1ncn(Cc2ccc(OC)c(OC3CCCC3)c2)c2nc(C(C)(C)O)[nH]c12. The van der Waals surface area contributed by atoms with Gasteiger partial charge in [0.15, 0.2) is 22.6 Å². The smallest absolute Gasteiger partial charge is 0.176 e. The summed E-state index contributed by atoms with van der Waals surface area (Å²) in [6.07, 6.45) is 6.59. The van der Waals surface area contributed by atoms with Crippen LogP contribution in [0, 0.1) is 0 Å². The van der Waals surface area contributed by atoms with E-state index in [1.165, 1.54) is 12.8 Å². The van der Waals surface area contributed by atoms with E-state index < -0.39 is 5.60 Å². The number of aliphatic hydroxyl groups is 1. The molecule has 0 saturated heterocycles. The molecular formula is C23H31N5O3. The first-order valence-corrected chi connectivity index (χ1v) is 10.9. The first-order chi connectivity index (χ1) is 14.9. The second-order valence-corrected chi connectivity index (χ2v) is 8.52. The van der Waals surface area contributed by atoms with Gasteiger partial charge in [-0.25, -0.2) is 9.97 Å². The van der Waals surface area contributed by atoms with Crippen LogP contribution in [-0.4, -0.2) is 44.4 Å². The molecule has 1 fully saturated rings. The van der Waals surface area contributed by atoms with Crippen LogP contribution in [0.15, 0.2) is 29.5 Å². The van der Waals surface area contributed by atoms with Crippen molar-refractivity contribution in [1.29, 1.82) is 0 Å². The predicted octanol–water partition coefficient (Wildman–Crippen LogP) is 3.29. The summed E-state index contributed by atoms with van der Waals surface area (Å²) < 4.78 is 13.7. The molecule has 8 heteroatoms. The maximum Gasteiger partial charge on any atom is 0.176 e. The Labute approximate surface area is 182 Å². The number of hydrogen-bond donors (Lipinski definition) is 2. The number of aromatic amines is 1. The fourth-order valence-corrected chi connectivity index (χ4v) is 3.94. The summed E-state index contributed by atoms with van der Waals surface area (Å²) in [6.45, 7) is 6.54. The van der Waals surface area contributed by atoms with E-state index in [-0.39, 0.29) is 6.10 Å². The molecule has 0 unspecified atom stereocenters. The van der Waals surface area contributed by atoms with Gasteiger partial charge in [-0.3, -0.25) is 4.99 Å². The molecule has 0 amide bonds. The number of fused-ring (bicyclic) bond motifs is 1. The molecule has 8 nitrogen and oxygen atoms in total. The first kappa shape index (κ1) is 21.4. The molecule has 0 atom stereocenters. The molecule has 4 rings (SSSR count). The number of hydrogen-bond acceptors (Lipinski definition) is 6. The highest BCUT2D eigenvalue weighted by Gasteiger charge is 2.23. The van der Waals surface area contributed by atoms with Crippen LogP contribution in [0.2, 0.25) is 0 Å². The normalized spacial score (nSPS) is 15.7. The van der Waals surface area contributed by atoms with Crippen molar-refractivity contribution in [2.24, 2.45) is 4.99 Å². The molecular weight excluding hydrogens is 394 g/mol. The quantitative estimate of drug-likeness (QED) is 0.605. The highest BCUT2D eigenvalue weighted by atomic mass is 16.5. The highest BCUT2D eigenvalue weighted by molar-refractivity contribution is 5.70. The molecule has 1 saturated carbocycles. The van der Waals surface area contributed by atoms with Gasteiger partial charge in [-0.2, -0.15) is 0 Å². The van der Waals surface area contributed by atoms with E-state index >= 15 is 0 Å². The number of methoxy groups -OCH3 is 1. The fourth-order valence-electron chi connectivity index (χ4n) is 3.94. The maximum atomic E-state index is 10.4. The van der Waals surface area contributed by atoms with E-state index in [4.69, 9.17) is 9.47 Å². The Morgan fingerprint density at radius 2 is 2.03 bits per heavy atom. The Morgan fingerprint density at radius 1 is 1.26 bits per heavy atom. The Kier molecular flexibility index (Phi) is 6.00. The average Bonchev–Trinajstić information content (AvgIpc) is 3.40. The Balaban J connectivity index is 1.72. The molecule has 1 aliphatic rings. The fraction of sp³-hybridized carbons (Fsp3) is 0.522. The van der Waals surface area contributed by atoms with Gasteiger partial charge in [0.1, 0.15) is 16.9 Å². The topological polar surface area (TPSA) is 97.6 Å². The Hall–Kier alpha value is -2.87. The standard InChI is InChI=1S/C23H31N5O3/c1-5-24-20-19-21(27-22(26-19)23(2,3)29)28(14-25-20)13-15-10-11-17(30-4)18(12-15)31-16-8-6-7-9-16/h10-12,14,16,29H,5-9,13H2,1-4H3,(H,26,27). The zero-order valence-corrected chi connectivity index (χ0v) is 18.7. The molecule has 0 radical (unpaired) electrons. The van der Waals surface area contributed by atoms with Gasteiger partial charge in [-0.15, -0.1) is 0 Å². The lowest BCUT2D eigenvalue weighted by molar-refractivity contribution is 0.0699. The van der Waals surface area contributed by atoms with Crippen LogP contribution in [0.4, 0.5) is 0 Å². The molecule has 3 aromatic rings. The molecule has 166 valence electrons. The highest BCUT2D eigenvalue weighted by Crippen LogP contribution is 2.32. The van der Waals surface area contributed by atoms with Crippen molar-refractivity contribution >= 4 is 11.2 Å². The van der Waals surface area contributed by atoms with Crippen molar-refractivity contribution < 1.29 is 14.6 Å². The summed E-state index contributed by atoms with van der Waals surface area (Å²) in [5, 5.41) is 10.4. The third-order valence-corrected chi connectivity index (χ3v) is 5.56. The number of nitrogens with zero attached hydrogens (tertiary/aromatic N) is 4. The van der Waals surface area contributed by atoms with Crippen LogP contribution in [0.25, 0.3) is 11.2 Å². The number of aromatic nitrogens is 4. The monoisotopic (exact) mass is 425 g/mol. The van der Waals surface area contributed by atoms with Crippen LogP contribution >= 0.6 is 0 Å². The number of H-pyrrole nitrogens is 1. The van der Waals surface area contributed by atoms with E-state index in [0.29, 0.717) is 30.0 Å². The molecule has 1 aromatic carbocycles. The van der Waals surface area contributed by atoms with Crippen molar-refractivity contribution in [3.05, 3.63) is 41.4 Å². The summed E-state index contributed by atoms with van der Waals surface area (Å²) in [5.41, 5.74) is 1.97. The van der Waals surface area contributed by atoms with Crippen LogP contribution in [0.3, 0.4) is 0 Å². The average molecular weight is 426 g/mol. The zero-order valence-electron chi connectivity index (χ0n) is 18.7. The van der Waals surface area contributed by atoms with E-state index in [9.17, 15) is 5.11 Å². The zero-order chi connectivity index (χ0) is 22.0. The van der Waals surface area contributed by atoms with Crippen molar-refractivity contribution in [1.82, 2.24) is 19.5 Å². The molecule has 31 heavy (non-hydrogen) atoms. The van der Waals surface area contributed by atoms with Crippen molar-refractivity contribution in [3.63, 3.8) is 0 Å². The van der Waals surface area contributed by atoms with E-state index in [1.54, 1.807) is 27.3 Å². The molecule has 2 heterocycles. The third-order valence-electron chi connectivity index (χ3n) is 5.56. The minimum absolute atomic E-state index is 0.251. The van der Waals surface area contributed by atoms with Crippen molar-refractivity contribution in [3.8, 4) is 11.5 Å². The van der Waals surface area contributed by atoms with Crippen LogP contribution < -0.4 is 15.0 Å². The molecule has 2 N–H and O–H groups in total. The predicted molar refractivity (Wildman–Crippen MR) is 118 cm³/mol. The first-order valence-electron chi connectivity index (χ1n) is 10.9. The number of ether oxygens (including phenoxy) is 2. The van der Waals surface area contributed by atoms with Gasteiger partial charge >= 0.3 is 0 Å². The lowest BCUT2D eigenvalue weighted by Crippen LogP contribution is -2.17. The summed E-state index contributed by atoms with van der Waals surface area (Å²) >= 11 is 0. The van der Waals surface area contributed by atoms with Crippen molar-refractivity contribution in [2.45, 2.75) is 64.7 Å². The second kappa shape index (κ2) is 8.70. The minimum atomic E-state index is -1.09. The number of nitrogens with one attached hydrogen (secondary N) is 1. The Bertz CT molecular complexity index is 1120. The third kappa shape index (κ3) is 4.58. The number of benzene rings is 1. The molecule has 2 aromatic heterocycles. The lowest BCUT2D eigenvalue weighted by atomic mass is 10.1. The Morgan fingerprint density at radius 3 is 2.71 bits per heavy atom. The molecule has 1 aliphatic carbocycles.